The summed E-state index contributed by atoms with van der Waals surface area (Å²) in [6.07, 6.45) is 2.64. The number of likely N-dealkylation sites (tertiary alicyclic amines) is 1. The number of hydrogen-bond donors (Lipinski definition) is 2. The first-order valence-electron chi connectivity index (χ1n) is 8.19. The summed E-state index contributed by atoms with van der Waals surface area (Å²) in [5, 5.41) is 4.45. The Morgan fingerprint density at radius 3 is 2.65 bits per heavy atom. The monoisotopic (exact) mass is 356 g/mol. The molecule has 3 N–H and O–H groups in total. The van der Waals surface area contributed by atoms with Crippen molar-refractivity contribution in [3.63, 3.8) is 0 Å². The van der Waals surface area contributed by atoms with Gasteiger partial charge in [0.15, 0.2) is 5.96 Å². The van der Waals surface area contributed by atoms with Gasteiger partial charge in [0.05, 0.1) is 6.04 Å². The van der Waals surface area contributed by atoms with Crippen molar-refractivity contribution in [1.82, 2.24) is 10.2 Å². The first kappa shape index (κ1) is 18.4. The predicted molar refractivity (Wildman–Crippen MR) is 99.3 cm³/mol. The van der Waals surface area contributed by atoms with Crippen LogP contribution in [0.4, 0.5) is 0 Å². The van der Waals surface area contributed by atoms with Crippen LogP contribution in [-0.4, -0.2) is 37.0 Å². The Morgan fingerprint density at radius 1 is 1.30 bits per heavy atom. The van der Waals surface area contributed by atoms with Crippen molar-refractivity contribution in [2.45, 2.75) is 32.7 Å². The average Bonchev–Trinajstić information content (AvgIpc) is 2.97. The Bertz CT molecular complexity index is 541. The Morgan fingerprint density at radius 2 is 2.00 bits per heavy atom. The molecule has 2 atom stereocenters. The normalized spacial score (nSPS) is 18.9. The summed E-state index contributed by atoms with van der Waals surface area (Å²) >= 11 is 12.1. The number of benzene rings is 1. The molecule has 0 amide bonds. The lowest BCUT2D eigenvalue weighted by atomic mass is 10.1. The molecule has 1 aromatic rings. The Balaban J connectivity index is 1.83. The molecule has 0 bridgehead atoms. The molecule has 2 unspecified atom stereocenters. The zero-order valence-corrected chi connectivity index (χ0v) is 15.4. The minimum atomic E-state index is -0.0163. The van der Waals surface area contributed by atoms with E-state index in [4.69, 9.17) is 28.9 Å². The van der Waals surface area contributed by atoms with E-state index in [1.807, 2.05) is 19.1 Å². The van der Waals surface area contributed by atoms with Gasteiger partial charge in [0.25, 0.3) is 0 Å². The van der Waals surface area contributed by atoms with Gasteiger partial charge in [-0.15, -0.1) is 0 Å². The van der Waals surface area contributed by atoms with E-state index in [1.54, 1.807) is 6.07 Å². The SMILES string of the molecule is CC(CN=C(N)NC(C)c1ccc(Cl)cc1Cl)CN1CCCC1. The van der Waals surface area contributed by atoms with E-state index in [-0.39, 0.29) is 6.04 Å². The van der Waals surface area contributed by atoms with Crippen LogP contribution in [0.15, 0.2) is 23.2 Å². The molecule has 0 radical (unpaired) electrons. The van der Waals surface area contributed by atoms with Crippen LogP contribution in [0.1, 0.15) is 38.3 Å². The molecule has 1 aliphatic heterocycles. The van der Waals surface area contributed by atoms with Crippen LogP contribution < -0.4 is 11.1 Å². The summed E-state index contributed by atoms with van der Waals surface area (Å²) in [5.74, 6) is 0.958. The third-order valence-corrected chi connectivity index (χ3v) is 4.70. The number of aliphatic imine (C=N–C) groups is 1. The first-order valence-corrected chi connectivity index (χ1v) is 8.95. The highest BCUT2D eigenvalue weighted by Crippen LogP contribution is 2.25. The zero-order valence-electron chi connectivity index (χ0n) is 13.9. The lowest BCUT2D eigenvalue weighted by Gasteiger charge is -2.20. The summed E-state index contributed by atoms with van der Waals surface area (Å²) in [6.45, 7) is 8.48. The largest absolute Gasteiger partial charge is 0.370 e. The van der Waals surface area contributed by atoms with Gasteiger partial charge in [-0.3, -0.25) is 4.99 Å². The summed E-state index contributed by atoms with van der Waals surface area (Å²) in [6, 6.07) is 5.46. The van der Waals surface area contributed by atoms with Crippen molar-refractivity contribution >= 4 is 29.2 Å². The fraction of sp³-hybridized carbons (Fsp3) is 0.588. The van der Waals surface area contributed by atoms with Gasteiger partial charge in [0, 0.05) is 23.1 Å². The molecule has 0 spiro atoms. The van der Waals surface area contributed by atoms with Crippen LogP contribution in [0.3, 0.4) is 0 Å². The summed E-state index contributed by atoms with van der Waals surface area (Å²) < 4.78 is 0. The number of nitrogens with two attached hydrogens (primary N) is 1. The second kappa shape index (κ2) is 8.76. The van der Waals surface area contributed by atoms with Crippen molar-refractivity contribution < 1.29 is 0 Å². The third kappa shape index (κ3) is 5.87. The minimum absolute atomic E-state index is 0.0163. The lowest BCUT2D eigenvalue weighted by Crippen LogP contribution is -2.35. The smallest absolute Gasteiger partial charge is 0.189 e. The average molecular weight is 357 g/mol. The van der Waals surface area contributed by atoms with Gasteiger partial charge < -0.3 is 16.0 Å². The van der Waals surface area contributed by atoms with E-state index in [0.29, 0.717) is 21.9 Å². The fourth-order valence-corrected chi connectivity index (χ4v) is 3.49. The van der Waals surface area contributed by atoms with Crippen molar-refractivity contribution in [2.75, 3.05) is 26.2 Å². The maximum Gasteiger partial charge on any atom is 0.189 e. The topological polar surface area (TPSA) is 53.6 Å². The van der Waals surface area contributed by atoms with Crippen LogP contribution in [0.2, 0.25) is 10.0 Å². The van der Waals surface area contributed by atoms with Gasteiger partial charge in [-0.25, -0.2) is 0 Å². The Kier molecular flexibility index (Phi) is 7.00. The van der Waals surface area contributed by atoms with Gasteiger partial charge in [-0.05, 0) is 56.5 Å². The van der Waals surface area contributed by atoms with E-state index < -0.39 is 0 Å². The first-order chi connectivity index (χ1) is 11.0. The van der Waals surface area contributed by atoms with E-state index in [0.717, 1.165) is 18.7 Å². The van der Waals surface area contributed by atoms with Crippen molar-refractivity contribution in [2.24, 2.45) is 16.6 Å². The molecule has 128 valence electrons. The zero-order chi connectivity index (χ0) is 16.8. The number of rotatable bonds is 6. The quantitative estimate of drug-likeness (QED) is 0.603. The molecule has 1 aromatic carbocycles. The molecule has 1 aliphatic rings. The van der Waals surface area contributed by atoms with Gasteiger partial charge in [-0.2, -0.15) is 0 Å². The highest BCUT2D eigenvalue weighted by atomic mass is 35.5. The fourth-order valence-electron chi connectivity index (χ4n) is 2.92. The third-order valence-electron chi connectivity index (χ3n) is 4.14. The second-order valence-electron chi connectivity index (χ2n) is 6.37. The van der Waals surface area contributed by atoms with Crippen molar-refractivity contribution in [3.8, 4) is 0 Å². The van der Waals surface area contributed by atoms with Gasteiger partial charge in [-0.1, -0.05) is 36.2 Å². The highest BCUT2D eigenvalue weighted by molar-refractivity contribution is 6.35. The van der Waals surface area contributed by atoms with Crippen LogP contribution in [0, 0.1) is 5.92 Å². The van der Waals surface area contributed by atoms with Crippen molar-refractivity contribution in [1.29, 1.82) is 0 Å². The van der Waals surface area contributed by atoms with Crippen LogP contribution in [0.5, 0.6) is 0 Å². The van der Waals surface area contributed by atoms with Crippen molar-refractivity contribution in [3.05, 3.63) is 33.8 Å². The number of halogens is 2. The molecular formula is C17H26Cl2N4. The van der Waals surface area contributed by atoms with Gasteiger partial charge in [0.2, 0.25) is 0 Å². The Hall–Kier alpha value is -0.970. The molecular weight excluding hydrogens is 331 g/mol. The second-order valence-corrected chi connectivity index (χ2v) is 7.21. The molecule has 1 heterocycles. The molecule has 1 fully saturated rings. The molecule has 1 saturated heterocycles. The summed E-state index contributed by atoms with van der Waals surface area (Å²) in [7, 11) is 0. The molecule has 4 nitrogen and oxygen atoms in total. The van der Waals surface area contributed by atoms with Gasteiger partial charge in [0.1, 0.15) is 0 Å². The van der Waals surface area contributed by atoms with Crippen LogP contribution in [0.25, 0.3) is 0 Å². The number of nitrogens with zero attached hydrogens (tertiary/aromatic N) is 2. The molecule has 0 aromatic heterocycles. The van der Waals surface area contributed by atoms with E-state index in [2.05, 4.69) is 22.1 Å². The van der Waals surface area contributed by atoms with E-state index >= 15 is 0 Å². The number of hydrogen-bond acceptors (Lipinski definition) is 2. The minimum Gasteiger partial charge on any atom is -0.370 e. The summed E-state index contributed by atoms with van der Waals surface area (Å²) in [4.78, 5) is 6.97. The molecule has 0 saturated carbocycles. The molecule has 23 heavy (non-hydrogen) atoms. The van der Waals surface area contributed by atoms with Crippen LogP contribution in [-0.2, 0) is 0 Å². The highest BCUT2D eigenvalue weighted by Gasteiger charge is 2.15. The van der Waals surface area contributed by atoms with E-state index in [9.17, 15) is 0 Å². The van der Waals surface area contributed by atoms with Gasteiger partial charge >= 0.3 is 0 Å². The molecule has 0 aliphatic carbocycles. The predicted octanol–water partition coefficient (Wildman–Crippen LogP) is 3.69. The summed E-state index contributed by atoms with van der Waals surface area (Å²) in [5.41, 5.74) is 6.96. The number of nitrogens with one attached hydrogen (secondary N) is 1. The standard InChI is InChI=1S/C17H26Cl2N4/c1-12(11-23-7-3-4-8-23)10-21-17(20)22-13(2)15-6-5-14(18)9-16(15)19/h5-6,9,12-13H,3-4,7-8,10-11H2,1-2H3,(H3,20,21,22). The molecule has 6 heteroatoms. The maximum absolute atomic E-state index is 6.22. The van der Waals surface area contributed by atoms with Crippen LogP contribution >= 0.6 is 23.2 Å². The lowest BCUT2D eigenvalue weighted by molar-refractivity contribution is 0.291. The Labute approximate surface area is 149 Å². The maximum atomic E-state index is 6.22. The molecule has 2 rings (SSSR count). The van der Waals surface area contributed by atoms with E-state index in [1.165, 1.54) is 25.9 Å². The number of guanidine groups is 1.